The first kappa shape index (κ1) is 20.7. The Bertz CT molecular complexity index is 790. The average Bonchev–Trinajstić information content (AvgIpc) is 2.70. The maximum Gasteiger partial charge on any atom is 0.0601 e. The number of rotatable bonds is 1. The molecule has 1 aliphatic heterocycles. The first-order valence-corrected chi connectivity index (χ1v) is 10.6. The number of thioether (sulfide) groups is 1. The Labute approximate surface area is 167 Å². The van der Waals surface area contributed by atoms with Gasteiger partial charge in [-0.25, -0.2) is 0 Å². The highest BCUT2D eigenvalue weighted by Crippen LogP contribution is 2.50. The summed E-state index contributed by atoms with van der Waals surface area (Å²) < 4.78 is 0. The summed E-state index contributed by atoms with van der Waals surface area (Å²) in [5.74, 6) is 0. The molecule has 0 spiro atoms. The lowest BCUT2D eigenvalue weighted by Crippen LogP contribution is -2.21. The number of para-hydroxylation sites is 1. The lowest BCUT2D eigenvalue weighted by Gasteiger charge is -2.35. The molecule has 3 heteroatoms. The van der Waals surface area contributed by atoms with Crippen molar-refractivity contribution in [3.8, 4) is 0 Å². The van der Waals surface area contributed by atoms with E-state index in [-0.39, 0.29) is 0 Å². The number of halogens is 1. The standard InChI is InChI=1S/C19H16ClNS.2C2H6/c1-13-6-9-15(10-7-13)21-16-4-2-3-5-18(16)22-19-11-8-14(20)12-17(19)21;2*1-2/h2-7,9-10,12H,8,11H2,1H3;2*1-2H3. The zero-order chi connectivity index (χ0) is 19.1. The fourth-order valence-electron chi connectivity index (χ4n) is 2.92. The monoisotopic (exact) mass is 385 g/mol. The predicted molar refractivity (Wildman–Crippen MR) is 119 cm³/mol. The Morgan fingerprint density at radius 2 is 1.54 bits per heavy atom. The van der Waals surface area contributed by atoms with Crippen molar-refractivity contribution in [1.82, 2.24) is 0 Å². The smallest absolute Gasteiger partial charge is 0.0601 e. The maximum atomic E-state index is 6.33. The van der Waals surface area contributed by atoms with Crippen LogP contribution in [0.5, 0.6) is 0 Å². The summed E-state index contributed by atoms with van der Waals surface area (Å²) in [7, 11) is 0. The summed E-state index contributed by atoms with van der Waals surface area (Å²) in [5.41, 5.74) is 4.92. The van der Waals surface area contributed by atoms with Crippen molar-refractivity contribution < 1.29 is 0 Å². The molecule has 1 heterocycles. The van der Waals surface area contributed by atoms with Gasteiger partial charge in [0, 0.05) is 20.5 Å². The van der Waals surface area contributed by atoms with Gasteiger partial charge in [-0.15, -0.1) is 0 Å². The Kier molecular flexibility index (Phi) is 7.86. The zero-order valence-electron chi connectivity index (χ0n) is 16.3. The first-order valence-electron chi connectivity index (χ1n) is 9.45. The third-order valence-corrected chi connectivity index (χ3v) is 5.57. The minimum absolute atomic E-state index is 0.941. The van der Waals surface area contributed by atoms with Crippen molar-refractivity contribution in [2.24, 2.45) is 0 Å². The van der Waals surface area contributed by atoms with Crippen LogP contribution in [0.2, 0.25) is 0 Å². The van der Waals surface area contributed by atoms with E-state index in [0.717, 1.165) is 17.9 Å². The molecule has 0 saturated carbocycles. The van der Waals surface area contributed by atoms with Gasteiger partial charge in [-0.1, -0.05) is 80.9 Å². The van der Waals surface area contributed by atoms with E-state index < -0.39 is 0 Å². The molecule has 26 heavy (non-hydrogen) atoms. The summed E-state index contributed by atoms with van der Waals surface area (Å²) in [5, 5.41) is 0.941. The number of nitrogens with zero attached hydrogens (tertiary/aromatic N) is 1. The van der Waals surface area contributed by atoms with Crippen molar-refractivity contribution in [2.45, 2.75) is 52.4 Å². The van der Waals surface area contributed by atoms with Gasteiger partial charge in [-0.2, -0.15) is 0 Å². The Hall–Kier alpha value is -1.64. The molecule has 1 nitrogen and oxygen atoms in total. The van der Waals surface area contributed by atoms with Crippen molar-refractivity contribution in [3.63, 3.8) is 0 Å². The van der Waals surface area contributed by atoms with Crippen molar-refractivity contribution in [1.29, 1.82) is 0 Å². The van der Waals surface area contributed by atoms with Gasteiger partial charge in [0.05, 0.1) is 11.4 Å². The molecule has 2 aromatic rings. The van der Waals surface area contributed by atoms with Gasteiger partial charge in [-0.3, -0.25) is 0 Å². The van der Waals surface area contributed by atoms with Crippen LogP contribution in [-0.4, -0.2) is 0 Å². The van der Waals surface area contributed by atoms with E-state index in [2.05, 4.69) is 66.4 Å². The van der Waals surface area contributed by atoms with Crippen molar-refractivity contribution in [3.05, 3.63) is 75.8 Å². The Morgan fingerprint density at radius 1 is 0.885 bits per heavy atom. The minimum atomic E-state index is 0.941. The molecule has 0 amide bonds. The highest BCUT2D eigenvalue weighted by molar-refractivity contribution is 8.03. The quantitative estimate of drug-likeness (QED) is 0.484. The molecule has 0 radical (unpaired) electrons. The van der Waals surface area contributed by atoms with E-state index >= 15 is 0 Å². The number of fused-ring (bicyclic) bond motifs is 1. The molecule has 0 aromatic heterocycles. The fourth-order valence-corrected chi connectivity index (χ4v) is 4.25. The van der Waals surface area contributed by atoms with Crippen LogP contribution in [0.25, 0.3) is 0 Å². The van der Waals surface area contributed by atoms with Gasteiger partial charge in [-0.05, 0) is 50.1 Å². The van der Waals surface area contributed by atoms with Crippen LogP contribution in [0.1, 0.15) is 46.1 Å². The molecular formula is C23H28ClNS. The average molecular weight is 386 g/mol. The maximum absolute atomic E-state index is 6.33. The fraction of sp³-hybridized carbons (Fsp3) is 0.304. The van der Waals surface area contributed by atoms with E-state index in [1.807, 2.05) is 39.5 Å². The SMILES string of the molecule is CC.CC.Cc1ccc(N2C3=C(CCC(Cl)=C3)Sc3ccccc32)cc1. The third kappa shape index (κ3) is 4.36. The number of aryl methyl sites for hydroxylation is 1. The predicted octanol–water partition coefficient (Wildman–Crippen LogP) is 8.42. The van der Waals surface area contributed by atoms with Gasteiger partial charge in [0.25, 0.3) is 0 Å². The second kappa shape index (κ2) is 9.89. The van der Waals surface area contributed by atoms with Crippen LogP contribution in [0.3, 0.4) is 0 Å². The van der Waals surface area contributed by atoms with Crippen LogP contribution >= 0.6 is 23.4 Å². The lowest BCUT2D eigenvalue weighted by atomic mass is 10.1. The lowest BCUT2D eigenvalue weighted by molar-refractivity contribution is 0.954. The summed E-state index contributed by atoms with van der Waals surface area (Å²) in [6.45, 7) is 10.1. The molecule has 0 unspecified atom stereocenters. The molecule has 0 fully saturated rings. The molecule has 0 saturated heterocycles. The van der Waals surface area contributed by atoms with Gasteiger partial charge in [0.1, 0.15) is 0 Å². The second-order valence-electron chi connectivity index (χ2n) is 5.64. The molecule has 2 aromatic carbocycles. The van der Waals surface area contributed by atoms with Crippen LogP contribution in [-0.2, 0) is 0 Å². The van der Waals surface area contributed by atoms with Gasteiger partial charge < -0.3 is 4.90 Å². The zero-order valence-corrected chi connectivity index (χ0v) is 17.9. The third-order valence-electron chi connectivity index (χ3n) is 4.04. The summed E-state index contributed by atoms with van der Waals surface area (Å²) in [4.78, 5) is 5.05. The van der Waals surface area contributed by atoms with E-state index in [9.17, 15) is 0 Å². The molecule has 138 valence electrons. The van der Waals surface area contributed by atoms with Crippen molar-refractivity contribution >= 4 is 34.7 Å². The molecular weight excluding hydrogens is 358 g/mol. The number of anilines is 2. The van der Waals surface area contributed by atoms with Crippen LogP contribution in [0.4, 0.5) is 11.4 Å². The summed E-state index contributed by atoms with van der Waals surface area (Å²) >= 11 is 8.21. The molecule has 0 N–H and O–H groups in total. The van der Waals surface area contributed by atoms with Gasteiger partial charge >= 0.3 is 0 Å². The van der Waals surface area contributed by atoms with E-state index in [1.165, 1.54) is 32.4 Å². The van der Waals surface area contributed by atoms with E-state index in [1.54, 1.807) is 0 Å². The highest BCUT2D eigenvalue weighted by Gasteiger charge is 2.27. The molecule has 1 aliphatic carbocycles. The Balaban J connectivity index is 0.000000570. The van der Waals surface area contributed by atoms with Crippen molar-refractivity contribution in [2.75, 3.05) is 4.90 Å². The first-order chi connectivity index (χ1) is 12.7. The summed E-state index contributed by atoms with van der Waals surface area (Å²) in [6.07, 6.45) is 4.09. The van der Waals surface area contributed by atoms with Crippen LogP contribution < -0.4 is 4.90 Å². The Morgan fingerprint density at radius 3 is 2.23 bits per heavy atom. The largest absolute Gasteiger partial charge is 0.309 e. The number of benzene rings is 2. The summed E-state index contributed by atoms with van der Waals surface area (Å²) in [6, 6.07) is 17.3. The normalized spacial score (nSPS) is 14.8. The van der Waals surface area contributed by atoms with E-state index in [0.29, 0.717) is 0 Å². The number of allylic oxidation sites excluding steroid dienone is 3. The van der Waals surface area contributed by atoms with Gasteiger partial charge in [0.2, 0.25) is 0 Å². The molecule has 0 atom stereocenters. The van der Waals surface area contributed by atoms with Crippen LogP contribution in [0.15, 0.2) is 75.1 Å². The number of hydrogen-bond donors (Lipinski definition) is 0. The minimum Gasteiger partial charge on any atom is -0.309 e. The van der Waals surface area contributed by atoms with Gasteiger partial charge in [0.15, 0.2) is 0 Å². The second-order valence-corrected chi connectivity index (χ2v) is 7.26. The van der Waals surface area contributed by atoms with Crippen LogP contribution in [0, 0.1) is 6.92 Å². The number of hydrogen-bond acceptors (Lipinski definition) is 2. The van der Waals surface area contributed by atoms with E-state index in [4.69, 9.17) is 11.6 Å². The topological polar surface area (TPSA) is 3.24 Å². The molecule has 2 aliphatic rings. The highest BCUT2D eigenvalue weighted by atomic mass is 35.5. The molecule has 0 bridgehead atoms. The molecule has 4 rings (SSSR count).